The zero-order valence-corrected chi connectivity index (χ0v) is 23.2. The lowest BCUT2D eigenvalue weighted by molar-refractivity contribution is 0.792. The van der Waals surface area contributed by atoms with Crippen LogP contribution in [0.1, 0.15) is 95.4 Å². The minimum Gasteiger partial charge on any atom is -0.0941 e. The Kier molecular flexibility index (Phi) is 12.3. The molecule has 0 aliphatic rings. The van der Waals surface area contributed by atoms with E-state index in [2.05, 4.69) is 124 Å². The summed E-state index contributed by atoms with van der Waals surface area (Å²) in [4.78, 5) is 3.78. The largest absolute Gasteiger partial charge is 0.166 e. The standard InChI is InChI=1S/C16H19S.C16H26/c1-5-14(6-2)17(15(7-3)8-4)16-12-10-9-11-13-16;1-10(2)14-8-15(11(3)4)13(7)16(9-14)12(5)6/h5-13H,1,3H2,2,4H3;8-12H,1-7H3/q+1;. The zero-order chi connectivity index (χ0) is 25.1. The van der Waals surface area contributed by atoms with Crippen LogP contribution in [0.4, 0.5) is 0 Å². The summed E-state index contributed by atoms with van der Waals surface area (Å²) in [6.45, 7) is 27.9. The second-order valence-corrected chi connectivity index (χ2v) is 11.2. The summed E-state index contributed by atoms with van der Waals surface area (Å²) in [5.74, 6) is 1.86. The minimum atomic E-state index is -0.0774. The first-order chi connectivity index (χ1) is 15.6. The van der Waals surface area contributed by atoms with Crippen LogP contribution in [0.25, 0.3) is 0 Å². The van der Waals surface area contributed by atoms with Gasteiger partial charge in [0.15, 0.2) is 14.7 Å². The molecule has 0 N–H and O–H groups in total. The van der Waals surface area contributed by atoms with Gasteiger partial charge in [0.05, 0.1) is 10.9 Å². The molecule has 0 spiro atoms. The highest BCUT2D eigenvalue weighted by molar-refractivity contribution is 8.04. The molecule has 2 aromatic carbocycles. The highest BCUT2D eigenvalue weighted by atomic mass is 32.2. The summed E-state index contributed by atoms with van der Waals surface area (Å²) in [7, 11) is -0.0774. The van der Waals surface area contributed by atoms with Crippen LogP contribution >= 0.6 is 0 Å². The Morgan fingerprint density at radius 3 is 1.45 bits per heavy atom. The molecule has 1 heteroatoms. The highest BCUT2D eigenvalue weighted by Gasteiger charge is 2.28. The van der Waals surface area contributed by atoms with Gasteiger partial charge in [-0.25, -0.2) is 0 Å². The van der Waals surface area contributed by atoms with Gasteiger partial charge in [0.25, 0.3) is 0 Å². The molecule has 178 valence electrons. The normalized spacial score (nSPS) is 13.1. The lowest BCUT2D eigenvalue weighted by Crippen LogP contribution is -2.06. The minimum absolute atomic E-state index is 0.0774. The van der Waals surface area contributed by atoms with Gasteiger partial charge in [-0.2, -0.15) is 0 Å². The zero-order valence-electron chi connectivity index (χ0n) is 22.4. The first kappa shape index (κ1) is 28.8. The van der Waals surface area contributed by atoms with Crippen molar-refractivity contribution in [3.63, 3.8) is 0 Å². The number of hydrogen-bond acceptors (Lipinski definition) is 0. The van der Waals surface area contributed by atoms with Crippen LogP contribution in [-0.4, -0.2) is 0 Å². The Morgan fingerprint density at radius 1 is 0.727 bits per heavy atom. The van der Waals surface area contributed by atoms with Crippen LogP contribution in [0.2, 0.25) is 0 Å². The summed E-state index contributed by atoms with van der Waals surface area (Å²) in [5.41, 5.74) is 6.03. The van der Waals surface area contributed by atoms with E-state index in [0.29, 0.717) is 17.8 Å². The molecule has 0 amide bonds. The third kappa shape index (κ3) is 7.93. The van der Waals surface area contributed by atoms with Crippen LogP contribution in [0, 0.1) is 6.92 Å². The maximum atomic E-state index is 3.91. The highest BCUT2D eigenvalue weighted by Crippen LogP contribution is 2.32. The molecule has 0 bridgehead atoms. The smallest absolute Gasteiger partial charge is 0.0941 e. The molecule has 0 fully saturated rings. The van der Waals surface area contributed by atoms with Gasteiger partial charge in [-0.15, -0.1) is 0 Å². The first-order valence-corrected chi connectivity index (χ1v) is 13.4. The molecule has 0 heterocycles. The van der Waals surface area contributed by atoms with Gasteiger partial charge in [-0.1, -0.05) is 85.0 Å². The lowest BCUT2D eigenvalue weighted by Gasteiger charge is -2.20. The van der Waals surface area contributed by atoms with Crippen molar-refractivity contribution in [3.8, 4) is 0 Å². The number of hydrogen-bond donors (Lipinski definition) is 0. The van der Waals surface area contributed by atoms with Crippen LogP contribution in [0.15, 0.2) is 94.6 Å². The van der Waals surface area contributed by atoms with Crippen molar-refractivity contribution >= 4 is 10.9 Å². The van der Waals surface area contributed by atoms with E-state index in [1.54, 1.807) is 0 Å². The summed E-state index contributed by atoms with van der Waals surface area (Å²) in [6.07, 6.45) is 8.11. The first-order valence-electron chi connectivity index (χ1n) is 12.1. The van der Waals surface area contributed by atoms with Crippen molar-refractivity contribution in [1.29, 1.82) is 0 Å². The van der Waals surface area contributed by atoms with Crippen LogP contribution in [0.5, 0.6) is 0 Å². The van der Waals surface area contributed by atoms with Crippen LogP contribution in [0.3, 0.4) is 0 Å². The molecule has 0 unspecified atom stereocenters. The Hall–Kier alpha value is -2.25. The van der Waals surface area contributed by atoms with Crippen molar-refractivity contribution in [2.24, 2.45) is 0 Å². The molecule has 2 rings (SSSR count). The summed E-state index contributed by atoms with van der Waals surface area (Å²) in [6, 6.07) is 15.3. The van der Waals surface area contributed by atoms with Crippen molar-refractivity contribution < 1.29 is 0 Å². The van der Waals surface area contributed by atoms with Gasteiger partial charge >= 0.3 is 0 Å². The Balaban J connectivity index is 0.000000331. The van der Waals surface area contributed by atoms with Crippen molar-refractivity contribution in [2.45, 2.75) is 85.0 Å². The molecule has 0 saturated heterocycles. The summed E-state index contributed by atoms with van der Waals surface area (Å²) >= 11 is 0. The Bertz CT molecular complexity index is 902. The van der Waals surface area contributed by atoms with E-state index in [9.17, 15) is 0 Å². The summed E-state index contributed by atoms with van der Waals surface area (Å²) in [5, 5.41) is 0. The van der Waals surface area contributed by atoms with E-state index in [1.807, 2.05) is 18.2 Å². The van der Waals surface area contributed by atoms with Crippen molar-refractivity contribution in [3.05, 3.63) is 112 Å². The average Bonchev–Trinajstić information content (AvgIpc) is 2.80. The summed E-state index contributed by atoms with van der Waals surface area (Å²) < 4.78 is 0. The number of allylic oxidation sites excluding steroid dienone is 4. The van der Waals surface area contributed by atoms with Crippen molar-refractivity contribution in [2.75, 3.05) is 0 Å². The third-order valence-electron chi connectivity index (χ3n) is 5.84. The predicted molar refractivity (Wildman–Crippen MR) is 153 cm³/mol. The second-order valence-electron chi connectivity index (χ2n) is 9.20. The third-order valence-corrected chi connectivity index (χ3v) is 8.33. The molecule has 0 saturated carbocycles. The fourth-order valence-corrected chi connectivity index (χ4v) is 5.97. The van der Waals surface area contributed by atoms with Gasteiger partial charge in [0, 0.05) is 0 Å². The quantitative estimate of drug-likeness (QED) is 0.271. The molecule has 0 atom stereocenters. The lowest BCUT2D eigenvalue weighted by atomic mass is 9.85. The molecule has 0 nitrogen and oxygen atoms in total. The fourth-order valence-electron chi connectivity index (χ4n) is 3.92. The molecule has 33 heavy (non-hydrogen) atoms. The van der Waals surface area contributed by atoms with Gasteiger partial charge in [0.2, 0.25) is 0 Å². The van der Waals surface area contributed by atoms with Gasteiger partial charge in [-0.05, 0) is 97.2 Å². The Morgan fingerprint density at radius 2 is 1.15 bits per heavy atom. The number of benzene rings is 2. The predicted octanol–water partition coefficient (Wildman–Crippen LogP) is 10.2. The van der Waals surface area contributed by atoms with E-state index >= 15 is 0 Å². The van der Waals surface area contributed by atoms with Gasteiger partial charge < -0.3 is 0 Å². The topological polar surface area (TPSA) is 0 Å². The Labute approximate surface area is 207 Å². The van der Waals surface area contributed by atoms with Crippen LogP contribution in [-0.2, 0) is 10.9 Å². The van der Waals surface area contributed by atoms with E-state index in [-0.39, 0.29) is 10.9 Å². The molecule has 0 radical (unpaired) electrons. The van der Waals surface area contributed by atoms with Crippen molar-refractivity contribution in [1.82, 2.24) is 0 Å². The molecular formula is C32H45S+. The molecule has 0 aliphatic carbocycles. The maximum Gasteiger partial charge on any atom is 0.166 e. The molecule has 0 aromatic heterocycles. The number of rotatable bonds is 8. The fraction of sp³-hybridized carbons (Fsp3) is 0.375. The van der Waals surface area contributed by atoms with Crippen LogP contribution < -0.4 is 0 Å². The molecule has 0 aliphatic heterocycles. The average molecular weight is 462 g/mol. The maximum absolute atomic E-state index is 3.91. The SMILES string of the molecule is C=CC(=CC)[S+](C(C=C)=CC)c1ccccc1.Cc1c(C(C)C)cc(C(C)C)cc1C(C)C. The second kappa shape index (κ2) is 14.1. The van der Waals surface area contributed by atoms with E-state index in [1.165, 1.54) is 37.0 Å². The monoisotopic (exact) mass is 461 g/mol. The van der Waals surface area contributed by atoms with Gasteiger partial charge in [-0.3, -0.25) is 0 Å². The van der Waals surface area contributed by atoms with E-state index in [0.717, 1.165) is 0 Å². The van der Waals surface area contributed by atoms with Gasteiger partial charge in [0.1, 0.15) is 0 Å². The van der Waals surface area contributed by atoms with E-state index in [4.69, 9.17) is 0 Å². The van der Waals surface area contributed by atoms with E-state index < -0.39 is 0 Å². The molecular weight excluding hydrogens is 416 g/mol. The molecule has 2 aromatic rings.